The Labute approximate surface area is 154 Å². The first-order valence-electron chi connectivity index (χ1n) is 8.69. The minimum absolute atomic E-state index is 0.101. The van der Waals surface area contributed by atoms with Gasteiger partial charge in [0.05, 0.1) is 26.5 Å². The van der Waals surface area contributed by atoms with Gasteiger partial charge >= 0.3 is 0 Å². The van der Waals surface area contributed by atoms with Crippen LogP contribution in [-0.2, 0) is 4.79 Å². The molecule has 1 heterocycles. The lowest BCUT2D eigenvalue weighted by Gasteiger charge is -2.22. The second-order valence-corrected chi connectivity index (χ2v) is 6.46. The molecule has 0 spiro atoms. The summed E-state index contributed by atoms with van der Waals surface area (Å²) in [4.78, 5) is 12.6. The zero-order valence-corrected chi connectivity index (χ0v) is 16.2. The fourth-order valence-electron chi connectivity index (χ4n) is 2.78. The molecule has 1 amide bonds. The number of aromatic nitrogens is 2. The second kappa shape index (κ2) is 8.71. The molecular weight excluding hydrogens is 332 g/mol. The van der Waals surface area contributed by atoms with Gasteiger partial charge < -0.3 is 14.8 Å². The normalized spacial score (nSPS) is 13.3. The number of nitrogens with zero attached hydrogens (tertiary/aromatic N) is 2. The van der Waals surface area contributed by atoms with E-state index in [0.29, 0.717) is 5.82 Å². The molecule has 0 aliphatic rings. The van der Waals surface area contributed by atoms with Gasteiger partial charge in [-0.05, 0) is 45.9 Å². The molecular formula is C19H28N4O3. The summed E-state index contributed by atoms with van der Waals surface area (Å²) in [6.07, 6.45) is 1.68. The molecule has 1 aromatic heterocycles. The van der Waals surface area contributed by atoms with Crippen molar-refractivity contribution in [3.05, 3.63) is 36.0 Å². The van der Waals surface area contributed by atoms with Crippen LogP contribution in [0, 0.1) is 0 Å². The molecule has 0 aliphatic heterocycles. The Morgan fingerprint density at radius 3 is 2.46 bits per heavy atom. The Hall–Kier alpha value is -2.54. The zero-order chi connectivity index (χ0) is 19.3. The average molecular weight is 360 g/mol. The predicted octanol–water partition coefficient (Wildman–Crippen LogP) is 3.16. The summed E-state index contributed by atoms with van der Waals surface area (Å²) in [5.74, 6) is 2.05. The predicted molar refractivity (Wildman–Crippen MR) is 102 cm³/mol. The molecule has 0 aliphatic carbocycles. The lowest BCUT2D eigenvalue weighted by atomic mass is 10.1. The number of hydrogen-bond acceptors (Lipinski definition) is 5. The van der Waals surface area contributed by atoms with Crippen LogP contribution in [0.1, 0.15) is 45.3 Å². The van der Waals surface area contributed by atoms with Gasteiger partial charge in [-0.3, -0.25) is 10.1 Å². The average Bonchev–Trinajstić information content (AvgIpc) is 3.09. The van der Waals surface area contributed by atoms with Gasteiger partial charge in [0, 0.05) is 23.7 Å². The highest BCUT2D eigenvalue weighted by Gasteiger charge is 2.20. The Kier molecular flexibility index (Phi) is 6.63. The summed E-state index contributed by atoms with van der Waals surface area (Å²) in [7, 11) is 3.25. The van der Waals surface area contributed by atoms with Crippen LogP contribution in [0.5, 0.6) is 11.5 Å². The van der Waals surface area contributed by atoms with E-state index in [1.807, 2.05) is 45.9 Å². The van der Waals surface area contributed by atoms with E-state index in [-0.39, 0.29) is 18.0 Å². The molecule has 7 nitrogen and oxygen atoms in total. The summed E-state index contributed by atoms with van der Waals surface area (Å²) in [6.45, 7) is 7.84. The van der Waals surface area contributed by atoms with Gasteiger partial charge in [0.1, 0.15) is 17.3 Å². The molecule has 2 N–H and O–H groups in total. The molecule has 1 aromatic carbocycles. The van der Waals surface area contributed by atoms with Crippen LogP contribution in [0.15, 0.2) is 30.5 Å². The third-order valence-corrected chi connectivity index (χ3v) is 4.21. The van der Waals surface area contributed by atoms with Crippen molar-refractivity contribution in [2.45, 2.75) is 45.8 Å². The number of nitrogens with one attached hydrogen (secondary N) is 2. The van der Waals surface area contributed by atoms with Crippen LogP contribution in [0.25, 0.3) is 0 Å². The topological polar surface area (TPSA) is 77.4 Å². The third kappa shape index (κ3) is 4.54. The second-order valence-electron chi connectivity index (χ2n) is 6.46. The molecule has 2 unspecified atom stereocenters. The highest BCUT2D eigenvalue weighted by Crippen LogP contribution is 2.29. The van der Waals surface area contributed by atoms with Crippen molar-refractivity contribution in [1.29, 1.82) is 0 Å². The largest absolute Gasteiger partial charge is 0.497 e. The molecule has 0 bridgehead atoms. The molecule has 2 rings (SSSR count). The van der Waals surface area contributed by atoms with Gasteiger partial charge in [0.15, 0.2) is 0 Å². The van der Waals surface area contributed by atoms with Crippen molar-refractivity contribution in [3.8, 4) is 11.5 Å². The first-order valence-corrected chi connectivity index (χ1v) is 8.69. The molecule has 2 atom stereocenters. The number of benzene rings is 1. The minimum atomic E-state index is -0.406. The standard InChI is InChI=1S/C19H28N4O3/c1-12(2)23-18(9-10-20-23)22-19(24)14(4)21-13(3)16-11-15(25-5)7-8-17(16)26-6/h7-14,21H,1-6H3,(H,22,24). The number of carbonyl (C=O) groups is 1. The van der Waals surface area contributed by atoms with Gasteiger partial charge in [-0.15, -0.1) is 0 Å². The first-order chi connectivity index (χ1) is 12.4. The van der Waals surface area contributed by atoms with Crippen molar-refractivity contribution < 1.29 is 14.3 Å². The van der Waals surface area contributed by atoms with Crippen molar-refractivity contribution in [3.63, 3.8) is 0 Å². The molecule has 0 saturated heterocycles. The van der Waals surface area contributed by atoms with E-state index in [4.69, 9.17) is 9.47 Å². The summed E-state index contributed by atoms with van der Waals surface area (Å²) in [6, 6.07) is 7.07. The van der Waals surface area contributed by atoms with Crippen LogP contribution >= 0.6 is 0 Å². The van der Waals surface area contributed by atoms with E-state index in [1.165, 1.54) is 0 Å². The first kappa shape index (κ1) is 19.8. The molecule has 7 heteroatoms. The Morgan fingerprint density at radius 1 is 1.12 bits per heavy atom. The molecule has 0 fully saturated rings. The van der Waals surface area contributed by atoms with Crippen molar-refractivity contribution in [1.82, 2.24) is 15.1 Å². The summed E-state index contributed by atoms with van der Waals surface area (Å²) < 4.78 is 12.5. The van der Waals surface area contributed by atoms with Crippen LogP contribution < -0.4 is 20.1 Å². The lowest BCUT2D eigenvalue weighted by molar-refractivity contribution is -0.118. The maximum Gasteiger partial charge on any atom is 0.242 e. The quantitative estimate of drug-likeness (QED) is 0.756. The Morgan fingerprint density at radius 2 is 1.85 bits per heavy atom. The van der Waals surface area contributed by atoms with E-state index >= 15 is 0 Å². The number of ether oxygens (including phenoxy) is 2. The van der Waals surface area contributed by atoms with E-state index in [1.54, 1.807) is 31.2 Å². The van der Waals surface area contributed by atoms with E-state index in [2.05, 4.69) is 15.7 Å². The Balaban J connectivity index is 2.07. The highest BCUT2D eigenvalue weighted by molar-refractivity contribution is 5.93. The maximum atomic E-state index is 12.6. The summed E-state index contributed by atoms with van der Waals surface area (Å²) in [5, 5.41) is 10.5. The van der Waals surface area contributed by atoms with Crippen LogP contribution in [-0.4, -0.2) is 35.9 Å². The Bertz CT molecular complexity index is 742. The highest BCUT2D eigenvalue weighted by atomic mass is 16.5. The summed E-state index contributed by atoms with van der Waals surface area (Å²) in [5.41, 5.74) is 0.929. The molecule has 0 saturated carbocycles. The monoisotopic (exact) mass is 360 g/mol. The number of anilines is 1. The van der Waals surface area contributed by atoms with E-state index in [9.17, 15) is 4.79 Å². The third-order valence-electron chi connectivity index (χ3n) is 4.21. The number of carbonyl (C=O) groups excluding carboxylic acids is 1. The fraction of sp³-hybridized carbons (Fsp3) is 0.474. The van der Waals surface area contributed by atoms with Crippen LogP contribution in [0.4, 0.5) is 5.82 Å². The zero-order valence-electron chi connectivity index (χ0n) is 16.2. The fourth-order valence-corrected chi connectivity index (χ4v) is 2.78. The number of amides is 1. The molecule has 142 valence electrons. The van der Waals surface area contributed by atoms with E-state index < -0.39 is 6.04 Å². The van der Waals surface area contributed by atoms with Crippen molar-refractivity contribution in [2.24, 2.45) is 0 Å². The lowest BCUT2D eigenvalue weighted by Crippen LogP contribution is -2.40. The van der Waals surface area contributed by atoms with Gasteiger partial charge in [-0.1, -0.05) is 0 Å². The smallest absolute Gasteiger partial charge is 0.242 e. The van der Waals surface area contributed by atoms with Gasteiger partial charge in [-0.25, -0.2) is 4.68 Å². The SMILES string of the molecule is COc1ccc(OC)c(C(C)NC(C)C(=O)Nc2ccnn2C(C)C)c1. The number of rotatable bonds is 8. The van der Waals surface area contributed by atoms with Crippen LogP contribution in [0.2, 0.25) is 0 Å². The van der Waals surface area contributed by atoms with E-state index in [0.717, 1.165) is 17.1 Å². The van der Waals surface area contributed by atoms with Crippen molar-refractivity contribution >= 4 is 11.7 Å². The molecule has 2 aromatic rings. The van der Waals surface area contributed by atoms with Gasteiger partial charge in [0.2, 0.25) is 5.91 Å². The molecule has 0 radical (unpaired) electrons. The van der Waals surface area contributed by atoms with Crippen molar-refractivity contribution in [2.75, 3.05) is 19.5 Å². The maximum absolute atomic E-state index is 12.6. The summed E-state index contributed by atoms with van der Waals surface area (Å²) >= 11 is 0. The van der Waals surface area contributed by atoms with Gasteiger partial charge in [-0.2, -0.15) is 5.10 Å². The van der Waals surface area contributed by atoms with Crippen LogP contribution in [0.3, 0.4) is 0 Å². The number of hydrogen-bond donors (Lipinski definition) is 2. The molecule has 26 heavy (non-hydrogen) atoms. The van der Waals surface area contributed by atoms with Gasteiger partial charge in [0.25, 0.3) is 0 Å². The minimum Gasteiger partial charge on any atom is -0.497 e. The number of methoxy groups -OCH3 is 2.